The fraction of sp³-hybridized carbons (Fsp3) is 0.500. The van der Waals surface area contributed by atoms with Gasteiger partial charge in [0.1, 0.15) is 12.0 Å². The molecule has 0 saturated carbocycles. The summed E-state index contributed by atoms with van der Waals surface area (Å²) in [6, 6.07) is 6.73. The molecule has 2 aliphatic heterocycles. The number of amides is 1. The second-order valence-electron chi connectivity index (χ2n) is 7.70. The number of likely N-dealkylation sites (tertiary alicyclic amines) is 2. The standard InChI is InChI=1S/C20H25F2N5O/c21-14-1-2-18-13(7-14)8-17(10-24-18)25-16-3-5-26(6-4-16)12-20(28)27-11-15(22)9-19(27)23/h1-2,7-8,10,15-16,19,25H,3-6,9,11-12,23H2/t15-,19-/m0/s1. The maximum atomic E-state index is 13.4. The van der Waals surface area contributed by atoms with Crippen LogP contribution in [0.25, 0.3) is 10.9 Å². The van der Waals surface area contributed by atoms with Crippen molar-refractivity contribution < 1.29 is 13.6 Å². The number of hydrogen-bond donors (Lipinski definition) is 2. The van der Waals surface area contributed by atoms with Gasteiger partial charge in [-0.1, -0.05) is 0 Å². The van der Waals surface area contributed by atoms with Gasteiger partial charge in [-0.25, -0.2) is 8.78 Å². The lowest BCUT2D eigenvalue weighted by Crippen LogP contribution is -2.48. The van der Waals surface area contributed by atoms with Crippen molar-refractivity contribution in [3.63, 3.8) is 0 Å². The molecule has 2 fully saturated rings. The molecule has 0 spiro atoms. The summed E-state index contributed by atoms with van der Waals surface area (Å²) in [6.45, 7) is 1.94. The first-order valence-electron chi connectivity index (χ1n) is 9.71. The van der Waals surface area contributed by atoms with E-state index in [0.29, 0.717) is 0 Å². The van der Waals surface area contributed by atoms with Gasteiger partial charge >= 0.3 is 0 Å². The molecule has 2 atom stereocenters. The molecule has 3 heterocycles. The van der Waals surface area contributed by atoms with Crippen molar-refractivity contribution in [2.45, 2.75) is 37.6 Å². The zero-order valence-electron chi connectivity index (χ0n) is 15.7. The Hall–Kier alpha value is -2.32. The third kappa shape index (κ3) is 4.23. The smallest absolute Gasteiger partial charge is 0.238 e. The highest BCUT2D eigenvalue weighted by molar-refractivity contribution is 5.81. The van der Waals surface area contributed by atoms with Gasteiger partial charge in [-0.2, -0.15) is 0 Å². The third-order valence-corrected chi connectivity index (χ3v) is 5.57. The summed E-state index contributed by atoms with van der Waals surface area (Å²) in [7, 11) is 0. The first kappa shape index (κ1) is 19.0. The highest BCUT2D eigenvalue weighted by atomic mass is 19.1. The molecule has 1 aromatic carbocycles. The fourth-order valence-electron chi connectivity index (χ4n) is 4.03. The van der Waals surface area contributed by atoms with Crippen LogP contribution in [0.4, 0.5) is 14.5 Å². The number of nitrogens with zero attached hydrogens (tertiary/aromatic N) is 3. The molecule has 2 aliphatic rings. The second-order valence-corrected chi connectivity index (χ2v) is 7.70. The van der Waals surface area contributed by atoms with Crippen LogP contribution in [0.3, 0.4) is 0 Å². The number of alkyl halides is 1. The Morgan fingerprint density at radius 2 is 2.07 bits per heavy atom. The second kappa shape index (κ2) is 7.97. The number of rotatable bonds is 4. The number of nitrogens with one attached hydrogen (secondary N) is 1. The van der Waals surface area contributed by atoms with Crippen molar-refractivity contribution in [1.29, 1.82) is 0 Å². The number of hydrogen-bond acceptors (Lipinski definition) is 5. The number of fused-ring (bicyclic) bond motifs is 1. The number of benzene rings is 1. The maximum absolute atomic E-state index is 13.4. The zero-order chi connectivity index (χ0) is 19.7. The molecule has 0 aliphatic carbocycles. The van der Waals surface area contributed by atoms with E-state index in [9.17, 15) is 13.6 Å². The molecule has 1 aromatic heterocycles. The van der Waals surface area contributed by atoms with E-state index in [1.807, 2.05) is 6.07 Å². The molecule has 4 rings (SSSR count). The van der Waals surface area contributed by atoms with E-state index in [1.165, 1.54) is 17.0 Å². The summed E-state index contributed by atoms with van der Waals surface area (Å²) in [5, 5.41) is 4.22. The molecular formula is C20H25F2N5O. The highest BCUT2D eigenvalue weighted by Crippen LogP contribution is 2.22. The average Bonchev–Trinajstić information content (AvgIpc) is 3.01. The number of anilines is 1. The average molecular weight is 389 g/mol. The van der Waals surface area contributed by atoms with E-state index in [4.69, 9.17) is 5.73 Å². The van der Waals surface area contributed by atoms with Gasteiger partial charge < -0.3 is 16.0 Å². The lowest BCUT2D eigenvalue weighted by Gasteiger charge is -2.33. The molecule has 6 nitrogen and oxygen atoms in total. The Labute approximate surface area is 162 Å². The summed E-state index contributed by atoms with van der Waals surface area (Å²) >= 11 is 0. The third-order valence-electron chi connectivity index (χ3n) is 5.57. The summed E-state index contributed by atoms with van der Waals surface area (Å²) in [6.07, 6.45) is 2.22. The van der Waals surface area contributed by atoms with Crippen LogP contribution in [0.15, 0.2) is 30.5 Å². The Kier molecular flexibility index (Phi) is 5.41. The number of nitrogens with two attached hydrogens (primary N) is 1. The topological polar surface area (TPSA) is 74.5 Å². The van der Waals surface area contributed by atoms with Gasteiger partial charge in [0, 0.05) is 30.9 Å². The molecule has 2 aromatic rings. The predicted molar refractivity (Wildman–Crippen MR) is 104 cm³/mol. The summed E-state index contributed by atoms with van der Waals surface area (Å²) in [4.78, 5) is 20.3. The largest absolute Gasteiger partial charge is 0.381 e. The minimum atomic E-state index is -1.02. The first-order valence-corrected chi connectivity index (χ1v) is 9.71. The Bertz CT molecular complexity index is 856. The van der Waals surface area contributed by atoms with Gasteiger partial charge in [0.25, 0.3) is 0 Å². The van der Waals surface area contributed by atoms with Crippen molar-refractivity contribution in [3.05, 3.63) is 36.3 Å². The SMILES string of the molecule is N[C@@H]1C[C@H](F)CN1C(=O)CN1CCC(Nc2cnc3ccc(F)cc3c2)CC1. The van der Waals surface area contributed by atoms with Crippen LogP contribution >= 0.6 is 0 Å². The van der Waals surface area contributed by atoms with Crippen LogP contribution < -0.4 is 11.1 Å². The predicted octanol–water partition coefficient (Wildman–Crippen LogP) is 2.11. The van der Waals surface area contributed by atoms with Crippen LogP contribution in [0.2, 0.25) is 0 Å². The molecular weight excluding hydrogens is 364 g/mol. The van der Waals surface area contributed by atoms with E-state index in [-0.39, 0.29) is 37.3 Å². The number of aromatic nitrogens is 1. The quantitative estimate of drug-likeness (QED) is 0.838. The van der Waals surface area contributed by atoms with Crippen molar-refractivity contribution in [2.75, 3.05) is 31.5 Å². The normalized spacial score (nSPS) is 24.0. The Balaban J connectivity index is 1.29. The summed E-state index contributed by atoms with van der Waals surface area (Å²) < 4.78 is 26.8. The zero-order valence-corrected chi connectivity index (χ0v) is 15.7. The van der Waals surface area contributed by atoms with Crippen LogP contribution in [0, 0.1) is 5.82 Å². The number of pyridine rings is 1. The van der Waals surface area contributed by atoms with Gasteiger partial charge in [-0.3, -0.25) is 14.7 Å². The van der Waals surface area contributed by atoms with Crippen molar-refractivity contribution in [3.8, 4) is 0 Å². The van der Waals surface area contributed by atoms with Crippen molar-refractivity contribution in [1.82, 2.24) is 14.8 Å². The van der Waals surface area contributed by atoms with Gasteiger partial charge in [0.05, 0.1) is 36.7 Å². The molecule has 0 unspecified atom stereocenters. The highest BCUT2D eigenvalue weighted by Gasteiger charge is 2.33. The molecule has 2 saturated heterocycles. The van der Waals surface area contributed by atoms with E-state index >= 15 is 0 Å². The number of carbonyl (C=O) groups excluding carboxylic acids is 1. The summed E-state index contributed by atoms with van der Waals surface area (Å²) in [5.74, 6) is -0.374. The van der Waals surface area contributed by atoms with Gasteiger partial charge in [-0.05, 0) is 37.1 Å². The molecule has 150 valence electrons. The van der Waals surface area contributed by atoms with Crippen molar-refractivity contribution in [2.24, 2.45) is 5.73 Å². The van der Waals surface area contributed by atoms with Crippen LogP contribution in [-0.4, -0.2) is 65.2 Å². The van der Waals surface area contributed by atoms with E-state index in [1.54, 1.807) is 12.3 Å². The molecule has 0 bridgehead atoms. The maximum Gasteiger partial charge on any atom is 0.238 e. The van der Waals surface area contributed by atoms with Crippen LogP contribution in [-0.2, 0) is 4.79 Å². The Morgan fingerprint density at radius 1 is 1.29 bits per heavy atom. The summed E-state index contributed by atoms with van der Waals surface area (Å²) in [5.41, 5.74) is 7.46. The van der Waals surface area contributed by atoms with Crippen molar-refractivity contribution >= 4 is 22.5 Å². The fourth-order valence-corrected chi connectivity index (χ4v) is 4.03. The van der Waals surface area contributed by atoms with Gasteiger partial charge in [0.2, 0.25) is 5.91 Å². The molecule has 1 amide bonds. The first-order chi connectivity index (χ1) is 13.5. The molecule has 3 N–H and O–H groups in total. The van der Waals surface area contributed by atoms with Gasteiger partial charge in [-0.15, -0.1) is 0 Å². The number of piperidine rings is 1. The lowest BCUT2D eigenvalue weighted by atomic mass is 10.0. The van der Waals surface area contributed by atoms with E-state index in [2.05, 4.69) is 15.2 Å². The van der Waals surface area contributed by atoms with Gasteiger partial charge in [0.15, 0.2) is 0 Å². The molecule has 28 heavy (non-hydrogen) atoms. The minimum Gasteiger partial charge on any atom is -0.381 e. The van der Waals surface area contributed by atoms with E-state index < -0.39 is 12.3 Å². The Morgan fingerprint density at radius 3 is 2.79 bits per heavy atom. The molecule has 0 radical (unpaired) electrons. The molecule has 8 heteroatoms. The lowest BCUT2D eigenvalue weighted by molar-refractivity contribution is -0.133. The van der Waals surface area contributed by atoms with Crippen LogP contribution in [0.5, 0.6) is 0 Å². The number of carbonyl (C=O) groups is 1. The monoisotopic (exact) mass is 389 g/mol. The van der Waals surface area contributed by atoms with Crippen LogP contribution in [0.1, 0.15) is 19.3 Å². The van der Waals surface area contributed by atoms with E-state index in [0.717, 1.165) is 42.5 Å². The number of halogens is 2. The minimum absolute atomic E-state index is 0.0974.